The van der Waals surface area contributed by atoms with Gasteiger partial charge in [-0.15, -0.1) is 0 Å². The van der Waals surface area contributed by atoms with Gasteiger partial charge < -0.3 is 10.6 Å². The van der Waals surface area contributed by atoms with Crippen LogP contribution in [0, 0.1) is 11.8 Å². The molecular weight excluding hydrogens is 388 g/mol. The van der Waals surface area contributed by atoms with Crippen LogP contribution in [0.5, 0.6) is 0 Å². The topological polar surface area (TPSA) is 58.2 Å². The summed E-state index contributed by atoms with van der Waals surface area (Å²) in [7, 11) is 0. The molecule has 2 amide bonds. The highest BCUT2D eigenvalue weighted by molar-refractivity contribution is 9.11. The third kappa shape index (κ3) is 4.31. The zero-order valence-corrected chi connectivity index (χ0v) is 14.3. The Morgan fingerprint density at radius 3 is 2.70 bits per heavy atom. The molecule has 1 aromatic rings. The van der Waals surface area contributed by atoms with Gasteiger partial charge in [-0.25, -0.2) is 0 Å². The number of halogens is 2. The van der Waals surface area contributed by atoms with Crippen molar-refractivity contribution in [2.45, 2.75) is 19.8 Å². The number of amides is 2. The van der Waals surface area contributed by atoms with E-state index in [1.54, 1.807) is 0 Å². The average molecular weight is 404 g/mol. The number of anilines is 1. The standard InChI is InChI=1S/C14H16Br2N2O2/c1-8-6-10(8)14(20)17-5-4-13(19)18-12-7-9(15)2-3-11(12)16/h2-3,7-8,10H,4-6H2,1H3,(H,17,20)(H,18,19). The molecule has 0 radical (unpaired) electrons. The molecule has 1 saturated carbocycles. The summed E-state index contributed by atoms with van der Waals surface area (Å²) in [4.78, 5) is 23.4. The van der Waals surface area contributed by atoms with Crippen LogP contribution < -0.4 is 10.6 Å². The molecule has 0 aliphatic heterocycles. The summed E-state index contributed by atoms with van der Waals surface area (Å²) < 4.78 is 1.72. The van der Waals surface area contributed by atoms with Gasteiger partial charge in [0, 0.05) is 27.8 Å². The minimum atomic E-state index is -0.118. The van der Waals surface area contributed by atoms with Gasteiger partial charge in [-0.3, -0.25) is 9.59 Å². The molecule has 1 fully saturated rings. The lowest BCUT2D eigenvalue weighted by Crippen LogP contribution is -2.29. The maximum absolute atomic E-state index is 11.8. The van der Waals surface area contributed by atoms with E-state index in [0.29, 0.717) is 18.2 Å². The molecule has 2 rings (SSSR count). The van der Waals surface area contributed by atoms with Gasteiger partial charge in [0.1, 0.15) is 0 Å². The summed E-state index contributed by atoms with van der Waals surface area (Å²) in [6, 6.07) is 5.57. The number of nitrogens with one attached hydrogen (secondary N) is 2. The predicted octanol–water partition coefficient (Wildman–Crippen LogP) is 3.31. The van der Waals surface area contributed by atoms with Crippen molar-refractivity contribution in [3.8, 4) is 0 Å². The number of carbonyl (C=O) groups is 2. The lowest BCUT2D eigenvalue weighted by molar-refractivity contribution is -0.122. The minimum Gasteiger partial charge on any atom is -0.355 e. The van der Waals surface area contributed by atoms with Crippen molar-refractivity contribution < 1.29 is 9.59 Å². The highest BCUT2D eigenvalue weighted by Crippen LogP contribution is 2.37. The molecule has 6 heteroatoms. The number of carbonyl (C=O) groups excluding carboxylic acids is 2. The second-order valence-corrected chi connectivity index (χ2v) is 6.80. The van der Waals surface area contributed by atoms with Crippen LogP contribution in [0.3, 0.4) is 0 Å². The molecule has 1 aliphatic carbocycles. The Kier molecular flexibility index (Phi) is 5.21. The first-order chi connectivity index (χ1) is 9.47. The van der Waals surface area contributed by atoms with Gasteiger partial charge in [0.05, 0.1) is 5.69 Å². The number of benzene rings is 1. The van der Waals surface area contributed by atoms with Gasteiger partial charge in [-0.2, -0.15) is 0 Å². The Hall–Kier alpha value is -0.880. The lowest BCUT2D eigenvalue weighted by atomic mass is 10.3. The first-order valence-corrected chi connectivity index (χ1v) is 8.08. The third-order valence-electron chi connectivity index (χ3n) is 3.30. The Morgan fingerprint density at radius 1 is 1.35 bits per heavy atom. The molecule has 2 atom stereocenters. The smallest absolute Gasteiger partial charge is 0.226 e. The SMILES string of the molecule is CC1CC1C(=O)NCCC(=O)Nc1cc(Br)ccc1Br. The molecule has 20 heavy (non-hydrogen) atoms. The summed E-state index contributed by atoms with van der Waals surface area (Å²) in [6.07, 6.45) is 1.23. The van der Waals surface area contributed by atoms with E-state index >= 15 is 0 Å². The summed E-state index contributed by atoms with van der Waals surface area (Å²) in [5.41, 5.74) is 0.714. The molecule has 2 N–H and O–H groups in total. The van der Waals surface area contributed by atoms with Crippen molar-refractivity contribution in [2.75, 3.05) is 11.9 Å². The van der Waals surface area contributed by atoms with E-state index in [1.807, 2.05) is 18.2 Å². The molecule has 4 nitrogen and oxygen atoms in total. The van der Waals surface area contributed by atoms with Gasteiger partial charge in [0.25, 0.3) is 0 Å². The zero-order chi connectivity index (χ0) is 14.7. The van der Waals surface area contributed by atoms with E-state index in [2.05, 4.69) is 49.4 Å². The van der Waals surface area contributed by atoms with E-state index in [1.165, 1.54) is 0 Å². The van der Waals surface area contributed by atoms with Crippen LogP contribution in [0.2, 0.25) is 0 Å². The molecule has 1 aromatic carbocycles. The van der Waals surface area contributed by atoms with Gasteiger partial charge in [-0.05, 0) is 46.5 Å². The lowest BCUT2D eigenvalue weighted by Gasteiger charge is -2.08. The van der Waals surface area contributed by atoms with Crippen LogP contribution in [0.15, 0.2) is 27.1 Å². The van der Waals surface area contributed by atoms with E-state index in [-0.39, 0.29) is 24.2 Å². The monoisotopic (exact) mass is 402 g/mol. The molecule has 108 valence electrons. The second-order valence-electron chi connectivity index (χ2n) is 5.03. The summed E-state index contributed by atoms with van der Waals surface area (Å²) in [6.45, 7) is 2.43. The van der Waals surface area contributed by atoms with E-state index in [0.717, 1.165) is 15.4 Å². The van der Waals surface area contributed by atoms with Crippen molar-refractivity contribution >= 4 is 49.4 Å². The Morgan fingerprint density at radius 2 is 2.05 bits per heavy atom. The maximum atomic E-state index is 11.8. The normalized spacial score (nSPS) is 20.4. The van der Waals surface area contributed by atoms with Crippen molar-refractivity contribution in [3.63, 3.8) is 0 Å². The first-order valence-electron chi connectivity index (χ1n) is 6.50. The predicted molar refractivity (Wildman–Crippen MR) is 85.4 cm³/mol. The number of hydrogen-bond acceptors (Lipinski definition) is 2. The van der Waals surface area contributed by atoms with Crippen molar-refractivity contribution in [3.05, 3.63) is 27.1 Å². The molecule has 1 aliphatic rings. The minimum absolute atomic E-state index is 0.0638. The molecule has 0 heterocycles. The molecule has 2 unspecified atom stereocenters. The molecule has 0 bridgehead atoms. The fourth-order valence-electron chi connectivity index (χ4n) is 1.92. The molecular formula is C14H16Br2N2O2. The molecule has 0 spiro atoms. The molecule has 0 saturated heterocycles. The zero-order valence-electron chi connectivity index (χ0n) is 11.1. The first kappa shape index (κ1) is 15.5. The Balaban J connectivity index is 1.75. The van der Waals surface area contributed by atoms with E-state index < -0.39 is 0 Å². The highest BCUT2D eigenvalue weighted by Gasteiger charge is 2.38. The largest absolute Gasteiger partial charge is 0.355 e. The van der Waals surface area contributed by atoms with Gasteiger partial charge in [-0.1, -0.05) is 22.9 Å². The molecule has 0 aromatic heterocycles. The number of hydrogen-bond donors (Lipinski definition) is 2. The highest BCUT2D eigenvalue weighted by atomic mass is 79.9. The van der Waals surface area contributed by atoms with Crippen molar-refractivity contribution in [1.29, 1.82) is 0 Å². The van der Waals surface area contributed by atoms with E-state index in [4.69, 9.17) is 0 Å². The second kappa shape index (κ2) is 6.72. The van der Waals surface area contributed by atoms with Gasteiger partial charge in [0.2, 0.25) is 11.8 Å². The summed E-state index contributed by atoms with van der Waals surface area (Å²) >= 11 is 6.74. The summed E-state index contributed by atoms with van der Waals surface area (Å²) in [5.74, 6) is 0.584. The third-order valence-corrected chi connectivity index (χ3v) is 4.48. The fraction of sp³-hybridized carbons (Fsp3) is 0.429. The summed E-state index contributed by atoms with van der Waals surface area (Å²) in [5, 5.41) is 5.61. The van der Waals surface area contributed by atoms with Crippen LogP contribution >= 0.6 is 31.9 Å². The van der Waals surface area contributed by atoms with Gasteiger partial charge in [0.15, 0.2) is 0 Å². The van der Waals surface area contributed by atoms with Crippen LogP contribution in [0.4, 0.5) is 5.69 Å². The Bertz CT molecular complexity index is 534. The average Bonchev–Trinajstić information content (AvgIpc) is 3.11. The fourth-order valence-corrected chi connectivity index (χ4v) is 2.63. The van der Waals surface area contributed by atoms with Crippen molar-refractivity contribution in [2.24, 2.45) is 11.8 Å². The van der Waals surface area contributed by atoms with Crippen molar-refractivity contribution in [1.82, 2.24) is 5.32 Å². The van der Waals surface area contributed by atoms with Crippen LogP contribution in [0.25, 0.3) is 0 Å². The van der Waals surface area contributed by atoms with Crippen LogP contribution in [-0.2, 0) is 9.59 Å². The Labute approximate surface area is 135 Å². The van der Waals surface area contributed by atoms with E-state index in [9.17, 15) is 9.59 Å². The van der Waals surface area contributed by atoms with Crippen LogP contribution in [0.1, 0.15) is 19.8 Å². The van der Waals surface area contributed by atoms with Crippen LogP contribution in [-0.4, -0.2) is 18.4 Å². The number of rotatable bonds is 5. The van der Waals surface area contributed by atoms with Gasteiger partial charge >= 0.3 is 0 Å². The maximum Gasteiger partial charge on any atom is 0.226 e. The quantitative estimate of drug-likeness (QED) is 0.792.